The molecule has 0 unspecified atom stereocenters. The van der Waals surface area contributed by atoms with Gasteiger partial charge in [0.05, 0.1) is 5.56 Å². The minimum atomic E-state index is -4.48. The van der Waals surface area contributed by atoms with Crippen molar-refractivity contribution in [2.24, 2.45) is 0 Å². The fourth-order valence-electron chi connectivity index (χ4n) is 1.62. The summed E-state index contributed by atoms with van der Waals surface area (Å²) in [5.41, 5.74) is 0.0778. The lowest BCUT2D eigenvalue weighted by atomic mass is 10.2. The molecule has 22 heavy (non-hydrogen) atoms. The zero-order valence-corrected chi connectivity index (χ0v) is 11.8. The van der Waals surface area contributed by atoms with Crippen LogP contribution in [0.1, 0.15) is 23.7 Å². The van der Waals surface area contributed by atoms with E-state index in [4.69, 9.17) is 5.11 Å². The Bertz CT molecular complexity index is 517. The summed E-state index contributed by atoms with van der Waals surface area (Å²) in [6, 6.07) is 2.37. The number of carboxylic acids is 1. The number of rotatable bonds is 7. The summed E-state index contributed by atoms with van der Waals surface area (Å²) in [5.74, 6) is -1.98. The highest BCUT2D eigenvalue weighted by molar-refractivity contribution is 5.95. The van der Waals surface area contributed by atoms with Gasteiger partial charge in [0.25, 0.3) is 5.91 Å². The molecule has 1 amide bonds. The largest absolute Gasteiger partial charge is 0.480 e. The lowest BCUT2D eigenvalue weighted by Crippen LogP contribution is -2.36. The van der Waals surface area contributed by atoms with Crippen LogP contribution < -0.4 is 4.74 Å². The Hall–Kier alpha value is -2.32. The van der Waals surface area contributed by atoms with Crippen LogP contribution in [-0.2, 0) is 4.79 Å². The van der Waals surface area contributed by atoms with E-state index in [1.807, 2.05) is 0 Å². The van der Waals surface area contributed by atoms with E-state index in [2.05, 4.69) is 9.72 Å². The van der Waals surface area contributed by atoms with Crippen molar-refractivity contribution < 1.29 is 32.6 Å². The highest BCUT2D eigenvalue weighted by atomic mass is 19.4. The molecule has 1 N–H and O–H groups in total. The van der Waals surface area contributed by atoms with Crippen LogP contribution in [0.2, 0.25) is 0 Å². The fourth-order valence-corrected chi connectivity index (χ4v) is 1.62. The summed E-state index contributed by atoms with van der Waals surface area (Å²) in [6.45, 7) is 0.0964. The number of hydrogen-bond acceptors (Lipinski definition) is 4. The van der Waals surface area contributed by atoms with Crippen molar-refractivity contribution in [3.05, 3.63) is 23.9 Å². The summed E-state index contributed by atoms with van der Waals surface area (Å²) in [7, 11) is 0. The molecule has 1 rings (SSSR count). The van der Waals surface area contributed by atoms with Gasteiger partial charge in [-0.15, -0.1) is 0 Å². The monoisotopic (exact) mass is 320 g/mol. The van der Waals surface area contributed by atoms with Gasteiger partial charge in [0.1, 0.15) is 6.54 Å². The Morgan fingerprint density at radius 1 is 1.36 bits per heavy atom. The predicted molar refractivity (Wildman–Crippen MR) is 69.6 cm³/mol. The van der Waals surface area contributed by atoms with E-state index in [1.54, 1.807) is 6.92 Å². The van der Waals surface area contributed by atoms with Gasteiger partial charge in [-0.25, -0.2) is 4.98 Å². The molecule has 0 saturated carbocycles. The van der Waals surface area contributed by atoms with Crippen LogP contribution >= 0.6 is 0 Å². The summed E-state index contributed by atoms with van der Waals surface area (Å²) < 4.78 is 40.4. The number of alkyl halides is 3. The molecule has 9 heteroatoms. The van der Waals surface area contributed by atoms with Crippen LogP contribution in [0.3, 0.4) is 0 Å². The van der Waals surface area contributed by atoms with E-state index in [0.717, 1.165) is 17.2 Å². The van der Waals surface area contributed by atoms with E-state index >= 15 is 0 Å². The molecule has 122 valence electrons. The first kappa shape index (κ1) is 17.7. The third-order valence-electron chi connectivity index (χ3n) is 2.47. The van der Waals surface area contributed by atoms with Crippen LogP contribution in [0.25, 0.3) is 0 Å². The third-order valence-corrected chi connectivity index (χ3v) is 2.47. The number of carbonyl (C=O) groups is 2. The van der Waals surface area contributed by atoms with E-state index in [9.17, 15) is 22.8 Å². The van der Waals surface area contributed by atoms with Gasteiger partial charge in [0.15, 0.2) is 6.61 Å². The summed E-state index contributed by atoms with van der Waals surface area (Å²) in [6.07, 6.45) is -2.85. The van der Waals surface area contributed by atoms with Crippen molar-refractivity contribution in [1.82, 2.24) is 9.88 Å². The number of aliphatic carboxylic acids is 1. The molecule has 0 aliphatic rings. The first-order valence-corrected chi connectivity index (χ1v) is 6.39. The molecule has 0 aliphatic heterocycles. The van der Waals surface area contributed by atoms with Gasteiger partial charge >= 0.3 is 12.1 Å². The number of nitrogens with zero attached hydrogens (tertiary/aromatic N) is 2. The molecule has 1 aromatic heterocycles. The average molecular weight is 320 g/mol. The molecule has 0 saturated heterocycles. The molecule has 0 bridgehead atoms. The SMILES string of the molecule is CCCN(CC(=O)O)C(=O)c1ccc(OCC(F)(F)F)nc1. The lowest BCUT2D eigenvalue weighted by molar-refractivity contribution is -0.154. The molecule has 0 radical (unpaired) electrons. The van der Waals surface area contributed by atoms with Crippen LogP contribution in [0, 0.1) is 0 Å². The number of amides is 1. The maximum absolute atomic E-state index is 12.1. The first-order chi connectivity index (χ1) is 10.2. The number of hydrogen-bond donors (Lipinski definition) is 1. The smallest absolute Gasteiger partial charge is 0.422 e. The number of carbonyl (C=O) groups excluding carboxylic acids is 1. The Labute approximate surface area is 124 Å². The quantitative estimate of drug-likeness (QED) is 0.831. The topological polar surface area (TPSA) is 79.7 Å². The van der Waals surface area contributed by atoms with Crippen LogP contribution in [0.5, 0.6) is 5.88 Å². The normalized spacial score (nSPS) is 11.1. The number of halogens is 3. The Morgan fingerprint density at radius 2 is 2.05 bits per heavy atom. The van der Waals surface area contributed by atoms with Gasteiger partial charge in [0, 0.05) is 18.8 Å². The molecular weight excluding hydrogens is 305 g/mol. The second-order valence-corrected chi connectivity index (χ2v) is 4.41. The lowest BCUT2D eigenvalue weighted by Gasteiger charge is -2.19. The van der Waals surface area contributed by atoms with Gasteiger partial charge in [-0.2, -0.15) is 13.2 Å². The van der Waals surface area contributed by atoms with E-state index in [0.29, 0.717) is 6.42 Å². The Kier molecular flexibility index (Phi) is 6.14. The van der Waals surface area contributed by atoms with Gasteiger partial charge in [-0.1, -0.05) is 6.92 Å². The summed E-state index contributed by atoms with van der Waals surface area (Å²) >= 11 is 0. The zero-order chi connectivity index (χ0) is 16.8. The Morgan fingerprint density at radius 3 is 2.50 bits per heavy atom. The van der Waals surface area contributed by atoms with Crippen molar-refractivity contribution in [3.63, 3.8) is 0 Å². The minimum Gasteiger partial charge on any atom is -0.480 e. The van der Waals surface area contributed by atoms with Crippen molar-refractivity contribution in [2.75, 3.05) is 19.7 Å². The van der Waals surface area contributed by atoms with Crippen LogP contribution in [0.15, 0.2) is 18.3 Å². The first-order valence-electron chi connectivity index (χ1n) is 6.39. The predicted octanol–water partition coefficient (Wildman–Crippen LogP) is 1.96. The second-order valence-electron chi connectivity index (χ2n) is 4.41. The molecular formula is C13H15F3N2O4. The average Bonchev–Trinajstić information content (AvgIpc) is 2.43. The standard InChI is InChI=1S/C13H15F3N2O4/c1-2-5-18(7-11(19)20)12(21)9-3-4-10(17-6-9)22-8-13(14,15)16/h3-4,6H,2,5,7-8H2,1H3,(H,19,20). The van der Waals surface area contributed by atoms with Crippen molar-refractivity contribution in [1.29, 1.82) is 0 Å². The summed E-state index contributed by atoms with van der Waals surface area (Å²) in [4.78, 5) is 27.5. The highest BCUT2D eigenvalue weighted by Gasteiger charge is 2.28. The fraction of sp³-hybridized carbons (Fsp3) is 0.462. The third kappa shape index (κ3) is 5.98. The number of pyridine rings is 1. The summed E-state index contributed by atoms with van der Waals surface area (Å²) in [5, 5.41) is 8.76. The van der Waals surface area contributed by atoms with E-state index < -0.39 is 31.2 Å². The number of carboxylic acid groups (broad SMARTS) is 1. The molecule has 0 aromatic carbocycles. The maximum atomic E-state index is 12.1. The van der Waals surface area contributed by atoms with Gasteiger partial charge in [-0.3, -0.25) is 9.59 Å². The van der Waals surface area contributed by atoms with Gasteiger partial charge in [0.2, 0.25) is 5.88 Å². The van der Waals surface area contributed by atoms with Gasteiger partial charge < -0.3 is 14.7 Å². The molecule has 0 fully saturated rings. The second kappa shape index (κ2) is 7.62. The van der Waals surface area contributed by atoms with Crippen LogP contribution in [-0.4, -0.2) is 52.7 Å². The molecule has 6 nitrogen and oxygen atoms in total. The highest BCUT2D eigenvalue weighted by Crippen LogP contribution is 2.17. The molecule has 1 heterocycles. The molecule has 0 spiro atoms. The van der Waals surface area contributed by atoms with Crippen molar-refractivity contribution in [3.8, 4) is 5.88 Å². The Balaban J connectivity index is 2.75. The van der Waals surface area contributed by atoms with Crippen molar-refractivity contribution in [2.45, 2.75) is 19.5 Å². The van der Waals surface area contributed by atoms with Crippen LogP contribution in [0.4, 0.5) is 13.2 Å². The van der Waals surface area contributed by atoms with Crippen molar-refractivity contribution >= 4 is 11.9 Å². The molecule has 0 atom stereocenters. The zero-order valence-electron chi connectivity index (χ0n) is 11.8. The minimum absolute atomic E-state index is 0.0778. The molecule has 1 aromatic rings. The van der Waals surface area contributed by atoms with E-state index in [-0.39, 0.29) is 18.0 Å². The van der Waals surface area contributed by atoms with Gasteiger partial charge in [-0.05, 0) is 12.5 Å². The van der Waals surface area contributed by atoms with E-state index in [1.165, 1.54) is 6.07 Å². The number of ether oxygens (including phenoxy) is 1. The number of aromatic nitrogens is 1. The molecule has 0 aliphatic carbocycles. The maximum Gasteiger partial charge on any atom is 0.422 e.